The molecule has 15 heteroatoms. The number of benzene rings is 2. The molecule has 0 bridgehead atoms. The Hall–Kier alpha value is -3.26. The molecule has 2 heterocycles. The van der Waals surface area contributed by atoms with Gasteiger partial charge in [0.05, 0.1) is 4.90 Å². The molecule has 0 spiro atoms. The van der Waals surface area contributed by atoms with E-state index in [4.69, 9.17) is 27.9 Å². The molecular weight excluding hydrogens is 547 g/mol. The summed E-state index contributed by atoms with van der Waals surface area (Å²) in [7, 11) is -2.75. The molecule has 196 valence electrons. The van der Waals surface area contributed by atoms with Crippen molar-refractivity contribution in [3.05, 3.63) is 58.1 Å². The van der Waals surface area contributed by atoms with Crippen LogP contribution in [-0.4, -0.2) is 80.9 Å². The van der Waals surface area contributed by atoms with Gasteiger partial charge in [0, 0.05) is 30.1 Å². The van der Waals surface area contributed by atoms with Crippen molar-refractivity contribution in [2.75, 3.05) is 13.6 Å². The highest BCUT2D eigenvalue weighted by molar-refractivity contribution is 7.89. The smallest absolute Gasteiger partial charge is 0.361 e. The predicted molar refractivity (Wildman–Crippen MR) is 132 cm³/mol. The van der Waals surface area contributed by atoms with E-state index in [1.54, 1.807) is 24.3 Å². The molecule has 4 rings (SSSR count). The molecule has 1 aliphatic rings. The maximum Gasteiger partial charge on any atom is 0.361 e. The number of nitrogens with one attached hydrogen (secondary N) is 1. The maximum absolute atomic E-state index is 13.4. The van der Waals surface area contributed by atoms with Crippen LogP contribution in [0.15, 0.2) is 47.4 Å². The van der Waals surface area contributed by atoms with Gasteiger partial charge in [-0.25, -0.2) is 13.2 Å². The fourth-order valence-corrected chi connectivity index (χ4v) is 6.46. The number of hydrogen-bond donors (Lipinski definition) is 2. The summed E-state index contributed by atoms with van der Waals surface area (Å²) in [6, 6.07) is 8.18. The summed E-state index contributed by atoms with van der Waals surface area (Å²) in [5, 5.41) is 23.2. The number of rotatable bonds is 9. The topological polar surface area (TPSA) is 159 Å². The van der Waals surface area contributed by atoms with Crippen LogP contribution in [0, 0.1) is 0 Å². The van der Waals surface area contributed by atoms with Gasteiger partial charge in [0.1, 0.15) is 17.8 Å². The average molecular weight is 569 g/mol. The third-order valence-electron chi connectivity index (χ3n) is 5.92. The highest BCUT2D eigenvalue weighted by atomic mass is 35.5. The van der Waals surface area contributed by atoms with Crippen LogP contribution in [0.4, 0.5) is 0 Å². The minimum atomic E-state index is -4.10. The quantitative estimate of drug-likeness (QED) is 0.395. The van der Waals surface area contributed by atoms with E-state index in [0.29, 0.717) is 17.7 Å². The van der Waals surface area contributed by atoms with Crippen LogP contribution >= 0.6 is 23.2 Å². The van der Waals surface area contributed by atoms with Crippen molar-refractivity contribution in [1.29, 1.82) is 0 Å². The lowest BCUT2D eigenvalue weighted by molar-refractivity contribution is -0.150. The van der Waals surface area contributed by atoms with Gasteiger partial charge in [-0.05, 0) is 54.0 Å². The van der Waals surface area contributed by atoms with E-state index >= 15 is 0 Å². The Kier molecular flexibility index (Phi) is 7.97. The van der Waals surface area contributed by atoms with Crippen LogP contribution in [0.5, 0.6) is 11.8 Å². The molecule has 0 radical (unpaired) electrons. The van der Waals surface area contributed by atoms with Gasteiger partial charge in [-0.2, -0.15) is 9.52 Å². The summed E-state index contributed by atoms with van der Waals surface area (Å²) in [5.41, 5.74) is 0.622. The van der Waals surface area contributed by atoms with Gasteiger partial charge in [0.25, 0.3) is 0 Å². The van der Waals surface area contributed by atoms with Crippen molar-refractivity contribution in [3.8, 4) is 11.8 Å². The highest BCUT2D eigenvalue weighted by Crippen LogP contribution is 2.31. The zero-order chi connectivity index (χ0) is 26.7. The Morgan fingerprint density at radius 3 is 2.49 bits per heavy atom. The van der Waals surface area contributed by atoms with E-state index in [9.17, 15) is 23.1 Å². The number of ether oxygens (including phenoxy) is 1. The van der Waals surface area contributed by atoms with Gasteiger partial charge < -0.3 is 14.7 Å². The second-order valence-electron chi connectivity index (χ2n) is 8.33. The van der Waals surface area contributed by atoms with Crippen LogP contribution in [0.3, 0.4) is 0 Å². The second-order valence-corrected chi connectivity index (χ2v) is 11.1. The summed E-state index contributed by atoms with van der Waals surface area (Å²) >= 11 is 12.0. The SMILES string of the molecule is CN(C(=O)[C@@H]1CCCN1S(=O)(=O)c1cc(Cl)cc(Cl)c1)[C@@H](Cc1ccc(Oc2nn[nH]n2)cc1)C(=O)O. The lowest BCUT2D eigenvalue weighted by Crippen LogP contribution is -2.52. The number of carbonyl (C=O) groups excluding carboxylic acids is 1. The van der Waals surface area contributed by atoms with Crippen molar-refractivity contribution in [1.82, 2.24) is 29.8 Å². The molecule has 0 unspecified atom stereocenters. The Morgan fingerprint density at radius 2 is 1.89 bits per heavy atom. The number of carboxylic acids is 1. The van der Waals surface area contributed by atoms with Gasteiger partial charge in [0.2, 0.25) is 15.9 Å². The number of H-pyrrole nitrogens is 1. The lowest BCUT2D eigenvalue weighted by Gasteiger charge is -2.31. The molecule has 3 aromatic rings. The van der Waals surface area contributed by atoms with Gasteiger partial charge in [-0.15, -0.1) is 0 Å². The zero-order valence-electron chi connectivity index (χ0n) is 19.4. The number of aromatic amines is 1. The molecule has 1 aromatic heterocycles. The van der Waals surface area contributed by atoms with Gasteiger partial charge >= 0.3 is 12.0 Å². The van der Waals surface area contributed by atoms with Crippen LogP contribution in [0.1, 0.15) is 18.4 Å². The number of carbonyl (C=O) groups is 2. The first-order valence-electron chi connectivity index (χ1n) is 11.0. The number of hydrogen-bond acceptors (Lipinski definition) is 8. The molecule has 2 atom stereocenters. The lowest BCUT2D eigenvalue weighted by atomic mass is 10.0. The molecule has 1 amide bonds. The van der Waals surface area contributed by atoms with Crippen molar-refractivity contribution in [2.24, 2.45) is 0 Å². The number of aromatic nitrogens is 4. The molecule has 0 aliphatic carbocycles. The van der Waals surface area contributed by atoms with E-state index in [0.717, 1.165) is 9.21 Å². The molecular formula is C22H22Cl2N6O6S. The van der Waals surface area contributed by atoms with Crippen LogP contribution in [0.2, 0.25) is 10.0 Å². The number of carboxylic acid groups (broad SMARTS) is 1. The summed E-state index contributed by atoms with van der Waals surface area (Å²) in [6.07, 6.45) is 0.686. The molecule has 2 aromatic carbocycles. The fourth-order valence-electron chi connectivity index (χ4n) is 4.08. The van der Waals surface area contributed by atoms with Crippen molar-refractivity contribution in [2.45, 2.75) is 36.2 Å². The monoisotopic (exact) mass is 568 g/mol. The second kappa shape index (κ2) is 11.0. The Bertz CT molecular complexity index is 1370. The molecule has 1 fully saturated rings. The first-order valence-corrected chi connectivity index (χ1v) is 13.2. The molecule has 0 saturated carbocycles. The van der Waals surface area contributed by atoms with Crippen LogP contribution in [0.25, 0.3) is 0 Å². The number of sulfonamides is 1. The van der Waals surface area contributed by atoms with Crippen LogP contribution < -0.4 is 4.74 Å². The van der Waals surface area contributed by atoms with E-state index in [1.807, 2.05) is 0 Å². The predicted octanol–water partition coefficient (Wildman–Crippen LogP) is 2.61. The molecule has 37 heavy (non-hydrogen) atoms. The molecule has 1 saturated heterocycles. The number of amides is 1. The Morgan fingerprint density at radius 1 is 1.22 bits per heavy atom. The van der Waals surface area contributed by atoms with Crippen molar-refractivity contribution >= 4 is 45.1 Å². The fraction of sp³-hybridized carbons (Fsp3) is 0.318. The van der Waals surface area contributed by atoms with Gasteiger partial charge in [-0.3, -0.25) is 4.79 Å². The first kappa shape index (κ1) is 26.8. The van der Waals surface area contributed by atoms with Crippen molar-refractivity contribution < 1.29 is 27.9 Å². The Labute approximate surface area is 222 Å². The Balaban J connectivity index is 1.50. The van der Waals surface area contributed by atoms with Gasteiger partial charge in [0.15, 0.2) is 0 Å². The van der Waals surface area contributed by atoms with E-state index in [-0.39, 0.29) is 40.3 Å². The summed E-state index contributed by atoms with van der Waals surface area (Å²) in [6.45, 7) is 0.107. The number of nitrogens with zero attached hydrogens (tertiary/aromatic N) is 5. The number of halogens is 2. The van der Waals surface area contributed by atoms with Crippen molar-refractivity contribution in [3.63, 3.8) is 0 Å². The van der Waals surface area contributed by atoms with Crippen LogP contribution in [-0.2, 0) is 26.0 Å². The molecule has 1 aliphatic heterocycles. The third kappa shape index (κ3) is 6.01. The normalized spacial score (nSPS) is 16.9. The first-order chi connectivity index (χ1) is 17.6. The number of aliphatic carboxylic acids is 1. The van der Waals surface area contributed by atoms with Gasteiger partial charge in [-0.1, -0.05) is 45.5 Å². The van der Waals surface area contributed by atoms with E-state index in [2.05, 4.69) is 20.6 Å². The summed E-state index contributed by atoms with van der Waals surface area (Å²) in [4.78, 5) is 26.5. The van der Waals surface area contributed by atoms with E-state index in [1.165, 1.54) is 25.2 Å². The minimum Gasteiger partial charge on any atom is -0.480 e. The highest BCUT2D eigenvalue weighted by Gasteiger charge is 2.42. The number of tetrazole rings is 1. The largest absolute Gasteiger partial charge is 0.480 e. The average Bonchev–Trinajstić information content (AvgIpc) is 3.54. The molecule has 2 N–H and O–H groups in total. The maximum atomic E-state index is 13.4. The molecule has 12 nitrogen and oxygen atoms in total. The third-order valence-corrected chi connectivity index (χ3v) is 8.24. The minimum absolute atomic E-state index is 0.0105. The van der Waals surface area contributed by atoms with E-state index < -0.39 is 34.0 Å². The standard InChI is InChI=1S/C22H22Cl2N6O6S/c1-29(19(21(32)33)9-13-4-6-16(7-5-13)36-22-25-27-28-26-22)20(31)18-3-2-8-30(18)37(34,35)17-11-14(23)10-15(24)12-17/h4-7,10-12,18-19H,2-3,8-9H2,1H3,(H,32,33)(H,25,26,27,28)/t18-,19-/m0/s1. The number of likely N-dealkylation sites (N-methyl/N-ethyl adjacent to an activating group) is 1. The zero-order valence-corrected chi connectivity index (χ0v) is 21.7. The summed E-state index contributed by atoms with van der Waals surface area (Å²) < 4.78 is 33.1. The summed E-state index contributed by atoms with van der Waals surface area (Å²) in [5.74, 6) is -1.43.